The molecule has 1 aromatic heterocycles. The second-order valence-electron chi connectivity index (χ2n) is 5.08. The van der Waals surface area contributed by atoms with Crippen LogP contribution in [-0.4, -0.2) is 23.3 Å². The standard InChI is InChI=1S/C16H14ClN3O2/c17-13-3-1-2-4-14(13)20-10-11(9-15(20)21)16(22)19-12-5-7-18-8-6-12/h1-8,11H,9-10H2,(H,18,19,22). The van der Waals surface area contributed by atoms with E-state index in [0.717, 1.165) is 0 Å². The van der Waals surface area contributed by atoms with E-state index in [4.69, 9.17) is 11.6 Å². The molecule has 0 spiro atoms. The molecular weight excluding hydrogens is 302 g/mol. The summed E-state index contributed by atoms with van der Waals surface area (Å²) >= 11 is 6.13. The Kier molecular flexibility index (Phi) is 4.06. The second kappa shape index (κ2) is 6.15. The third-order valence-corrected chi connectivity index (χ3v) is 3.91. The molecule has 6 heteroatoms. The van der Waals surface area contributed by atoms with Gasteiger partial charge in [-0.2, -0.15) is 0 Å². The molecule has 1 atom stereocenters. The number of halogens is 1. The van der Waals surface area contributed by atoms with Crippen LogP contribution in [0.25, 0.3) is 0 Å². The number of nitrogens with one attached hydrogen (secondary N) is 1. The molecule has 1 aliphatic heterocycles. The molecule has 1 aliphatic rings. The van der Waals surface area contributed by atoms with Crippen molar-refractivity contribution in [3.8, 4) is 0 Å². The lowest BCUT2D eigenvalue weighted by atomic mass is 10.1. The molecule has 1 saturated heterocycles. The number of para-hydroxylation sites is 1. The summed E-state index contributed by atoms with van der Waals surface area (Å²) in [5.41, 5.74) is 1.32. The second-order valence-corrected chi connectivity index (χ2v) is 5.49. The van der Waals surface area contributed by atoms with Crippen LogP contribution < -0.4 is 10.2 Å². The van der Waals surface area contributed by atoms with Crippen LogP contribution in [0, 0.1) is 5.92 Å². The number of benzene rings is 1. The highest BCUT2D eigenvalue weighted by Gasteiger charge is 2.35. The van der Waals surface area contributed by atoms with Crippen molar-refractivity contribution in [3.05, 3.63) is 53.8 Å². The smallest absolute Gasteiger partial charge is 0.229 e. The monoisotopic (exact) mass is 315 g/mol. The van der Waals surface area contributed by atoms with E-state index in [2.05, 4.69) is 10.3 Å². The number of aromatic nitrogens is 1. The number of nitrogens with zero attached hydrogens (tertiary/aromatic N) is 2. The molecule has 2 amide bonds. The van der Waals surface area contributed by atoms with Crippen LogP contribution in [0.1, 0.15) is 6.42 Å². The van der Waals surface area contributed by atoms with E-state index in [9.17, 15) is 9.59 Å². The molecular formula is C16H14ClN3O2. The van der Waals surface area contributed by atoms with E-state index in [-0.39, 0.29) is 18.2 Å². The minimum Gasteiger partial charge on any atom is -0.326 e. The first-order chi connectivity index (χ1) is 10.6. The van der Waals surface area contributed by atoms with E-state index in [1.54, 1.807) is 47.6 Å². The Morgan fingerprint density at radius 2 is 1.95 bits per heavy atom. The lowest BCUT2D eigenvalue weighted by Crippen LogP contribution is -2.28. The molecule has 0 radical (unpaired) electrons. The fourth-order valence-corrected chi connectivity index (χ4v) is 2.70. The molecule has 0 saturated carbocycles. The SMILES string of the molecule is O=C(Nc1ccncc1)C1CC(=O)N(c2ccccc2Cl)C1. The van der Waals surface area contributed by atoms with E-state index >= 15 is 0 Å². The molecule has 2 aromatic rings. The van der Waals surface area contributed by atoms with Crippen molar-refractivity contribution >= 4 is 34.8 Å². The van der Waals surface area contributed by atoms with Crippen LogP contribution in [0.2, 0.25) is 5.02 Å². The highest BCUT2D eigenvalue weighted by atomic mass is 35.5. The maximum Gasteiger partial charge on any atom is 0.229 e. The van der Waals surface area contributed by atoms with Gasteiger partial charge in [0.1, 0.15) is 0 Å². The predicted molar refractivity (Wildman–Crippen MR) is 84.8 cm³/mol. The third-order valence-electron chi connectivity index (χ3n) is 3.59. The molecule has 3 rings (SSSR count). The summed E-state index contributed by atoms with van der Waals surface area (Å²) in [5.74, 6) is -0.658. The third kappa shape index (κ3) is 2.94. The van der Waals surface area contributed by atoms with Gasteiger partial charge in [0.2, 0.25) is 11.8 Å². The first kappa shape index (κ1) is 14.5. The minimum atomic E-state index is -0.392. The van der Waals surface area contributed by atoms with Crippen molar-refractivity contribution in [1.29, 1.82) is 0 Å². The summed E-state index contributed by atoms with van der Waals surface area (Å²) < 4.78 is 0. The van der Waals surface area contributed by atoms with Gasteiger partial charge in [-0.3, -0.25) is 14.6 Å². The first-order valence-corrected chi connectivity index (χ1v) is 7.29. The van der Waals surface area contributed by atoms with E-state index < -0.39 is 5.92 Å². The summed E-state index contributed by atoms with van der Waals surface area (Å²) in [6.07, 6.45) is 3.39. The quantitative estimate of drug-likeness (QED) is 0.947. The molecule has 1 fully saturated rings. The Morgan fingerprint density at radius 3 is 2.68 bits per heavy atom. The Bertz CT molecular complexity index is 706. The van der Waals surface area contributed by atoms with Crippen LogP contribution in [0.15, 0.2) is 48.8 Å². The number of carbonyl (C=O) groups is 2. The van der Waals surface area contributed by atoms with Gasteiger partial charge in [0.15, 0.2) is 0 Å². The lowest BCUT2D eigenvalue weighted by Gasteiger charge is -2.18. The minimum absolute atomic E-state index is 0.0945. The Morgan fingerprint density at radius 1 is 1.23 bits per heavy atom. The molecule has 0 bridgehead atoms. The van der Waals surface area contributed by atoms with Crippen molar-refractivity contribution < 1.29 is 9.59 Å². The topological polar surface area (TPSA) is 62.3 Å². The predicted octanol–water partition coefficient (Wildman–Crippen LogP) is 2.73. The number of anilines is 2. The van der Waals surface area contributed by atoms with Gasteiger partial charge in [0.05, 0.1) is 16.6 Å². The van der Waals surface area contributed by atoms with Crippen molar-refractivity contribution in [2.75, 3.05) is 16.8 Å². The van der Waals surface area contributed by atoms with Crippen molar-refractivity contribution in [1.82, 2.24) is 4.98 Å². The summed E-state index contributed by atoms with van der Waals surface area (Å²) in [5, 5.41) is 3.31. The zero-order valence-corrected chi connectivity index (χ0v) is 12.5. The molecule has 1 N–H and O–H groups in total. The molecule has 2 heterocycles. The molecule has 22 heavy (non-hydrogen) atoms. The van der Waals surface area contributed by atoms with Crippen molar-refractivity contribution in [2.24, 2.45) is 5.92 Å². The van der Waals surface area contributed by atoms with Crippen LogP contribution in [0.5, 0.6) is 0 Å². The first-order valence-electron chi connectivity index (χ1n) is 6.91. The number of pyridine rings is 1. The fraction of sp³-hybridized carbons (Fsp3) is 0.188. The van der Waals surface area contributed by atoms with E-state index in [0.29, 0.717) is 22.9 Å². The Labute approximate surface area is 132 Å². The Balaban J connectivity index is 1.72. The fourth-order valence-electron chi connectivity index (χ4n) is 2.47. The molecule has 5 nitrogen and oxygen atoms in total. The van der Waals surface area contributed by atoms with Gasteiger partial charge in [-0.1, -0.05) is 23.7 Å². The molecule has 0 aliphatic carbocycles. The normalized spacial score (nSPS) is 17.6. The van der Waals surface area contributed by atoms with Crippen molar-refractivity contribution in [3.63, 3.8) is 0 Å². The van der Waals surface area contributed by atoms with Gasteiger partial charge in [-0.25, -0.2) is 0 Å². The summed E-state index contributed by atoms with van der Waals surface area (Å²) in [4.78, 5) is 29.9. The van der Waals surface area contributed by atoms with Crippen LogP contribution >= 0.6 is 11.6 Å². The van der Waals surface area contributed by atoms with Gasteiger partial charge >= 0.3 is 0 Å². The maximum absolute atomic E-state index is 12.3. The average Bonchev–Trinajstić information content (AvgIpc) is 2.91. The van der Waals surface area contributed by atoms with Crippen molar-refractivity contribution in [2.45, 2.75) is 6.42 Å². The number of hydrogen-bond donors (Lipinski definition) is 1. The van der Waals surface area contributed by atoms with Gasteiger partial charge in [0, 0.05) is 31.0 Å². The van der Waals surface area contributed by atoms with Gasteiger partial charge in [-0.15, -0.1) is 0 Å². The van der Waals surface area contributed by atoms with E-state index in [1.807, 2.05) is 6.07 Å². The summed E-state index contributed by atoms with van der Waals surface area (Å²) in [6.45, 7) is 0.333. The van der Waals surface area contributed by atoms with Gasteiger partial charge in [-0.05, 0) is 24.3 Å². The molecule has 112 valence electrons. The Hall–Kier alpha value is -2.40. The zero-order valence-electron chi connectivity index (χ0n) is 11.7. The number of carbonyl (C=O) groups excluding carboxylic acids is 2. The highest BCUT2D eigenvalue weighted by Crippen LogP contribution is 2.31. The highest BCUT2D eigenvalue weighted by molar-refractivity contribution is 6.33. The van der Waals surface area contributed by atoms with Crippen LogP contribution in [-0.2, 0) is 9.59 Å². The van der Waals surface area contributed by atoms with Gasteiger partial charge < -0.3 is 10.2 Å². The number of rotatable bonds is 3. The molecule has 1 unspecified atom stereocenters. The lowest BCUT2D eigenvalue weighted by molar-refractivity contribution is -0.122. The number of hydrogen-bond acceptors (Lipinski definition) is 3. The van der Waals surface area contributed by atoms with E-state index in [1.165, 1.54) is 0 Å². The van der Waals surface area contributed by atoms with Crippen LogP contribution in [0.3, 0.4) is 0 Å². The molecule has 1 aromatic carbocycles. The summed E-state index contributed by atoms with van der Waals surface area (Å²) in [6, 6.07) is 10.6. The van der Waals surface area contributed by atoms with Crippen LogP contribution in [0.4, 0.5) is 11.4 Å². The largest absolute Gasteiger partial charge is 0.326 e. The van der Waals surface area contributed by atoms with Gasteiger partial charge in [0.25, 0.3) is 0 Å². The average molecular weight is 316 g/mol. The maximum atomic E-state index is 12.3. The zero-order chi connectivity index (χ0) is 15.5. The number of amides is 2. The summed E-state index contributed by atoms with van der Waals surface area (Å²) in [7, 11) is 0.